The van der Waals surface area contributed by atoms with Gasteiger partial charge in [0, 0.05) is 37.6 Å². The third-order valence-electron chi connectivity index (χ3n) is 4.16. The average molecular weight is 306 g/mol. The van der Waals surface area contributed by atoms with Crippen molar-refractivity contribution in [3.63, 3.8) is 0 Å². The molecule has 1 aliphatic carbocycles. The molecule has 2 aliphatic rings. The van der Waals surface area contributed by atoms with E-state index in [2.05, 4.69) is 10.6 Å². The van der Waals surface area contributed by atoms with Crippen molar-refractivity contribution in [3.05, 3.63) is 17.1 Å². The van der Waals surface area contributed by atoms with Gasteiger partial charge in [-0.15, -0.1) is 0 Å². The van der Waals surface area contributed by atoms with Crippen molar-refractivity contribution in [3.8, 4) is 0 Å². The highest BCUT2D eigenvalue weighted by atomic mass is 16.5. The van der Waals surface area contributed by atoms with E-state index in [1.165, 1.54) is 24.1 Å². The summed E-state index contributed by atoms with van der Waals surface area (Å²) >= 11 is 0. The molecule has 0 amide bonds. The quantitative estimate of drug-likeness (QED) is 0.693. The number of aliphatic hydroxyl groups is 1. The summed E-state index contributed by atoms with van der Waals surface area (Å²) in [7, 11) is 0. The Kier molecular flexibility index (Phi) is 5.23. The van der Waals surface area contributed by atoms with Crippen LogP contribution >= 0.6 is 0 Å². The molecule has 1 fully saturated rings. The van der Waals surface area contributed by atoms with Crippen LogP contribution in [0.3, 0.4) is 0 Å². The highest BCUT2D eigenvalue weighted by Crippen LogP contribution is 2.39. The van der Waals surface area contributed by atoms with E-state index in [1.54, 1.807) is 0 Å². The number of rotatable bonds is 7. The van der Waals surface area contributed by atoms with Crippen LogP contribution in [0.25, 0.3) is 0 Å². The molecule has 1 aliphatic heterocycles. The Morgan fingerprint density at radius 3 is 2.91 bits per heavy atom. The Morgan fingerprint density at radius 2 is 2.14 bits per heavy atom. The van der Waals surface area contributed by atoms with Gasteiger partial charge in [-0.05, 0) is 32.7 Å². The summed E-state index contributed by atoms with van der Waals surface area (Å²) in [5.41, 5.74) is 2.38. The van der Waals surface area contributed by atoms with Crippen LogP contribution in [-0.4, -0.2) is 54.0 Å². The van der Waals surface area contributed by atoms with Crippen molar-refractivity contribution in [1.29, 1.82) is 0 Å². The summed E-state index contributed by atoms with van der Waals surface area (Å²) in [4.78, 5) is 9.53. The molecule has 2 heterocycles. The molecule has 1 saturated carbocycles. The number of fused-ring (bicyclic) bond motifs is 1. The highest BCUT2D eigenvalue weighted by molar-refractivity contribution is 5.48. The van der Waals surface area contributed by atoms with Crippen molar-refractivity contribution in [2.45, 2.75) is 44.6 Å². The molecule has 0 bridgehead atoms. The molecular formula is C16H26N4O2. The largest absolute Gasteiger partial charge is 0.389 e. The molecule has 0 spiro atoms. The van der Waals surface area contributed by atoms with Crippen LogP contribution in [0, 0.1) is 0 Å². The Hall–Kier alpha value is -1.24. The van der Waals surface area contributed by atoms with E-state index in [-0.39, 0.29) is 0 Å². The number of anilines is 1. The van der Waals surface area contributed by atoms with E-state index in [0.29, 0.717) is 25.7 Å². The molecule has 0 aromatic carbocycles. The van der Waals surface area contributed by atoms with E-state index >= 15 is 0 Å². The van der Waals surface area contributed by atoms with Crippen LogP contribution in [0.5, 0.6) is 0 Å². The van der Waals surface area contributed by atoms with Crippen LogP contribution in [0.4, 0.5) is 5.82 Å². The van der Waals surface area contributed by atoms with Crippen LogP contribution in [0.15, 0.2) is 0 Å². The number of aromatic nitrogens is 2. The number of ether oxygens (including phenoxy) is 1. The molecule has 0 radical (unpaired) electrons. The first-order valence-corrected chi connectivity index (χ1v) is 8.38. The zero-order valence-corrected chi connectivity index (χ0v) is 13.3. The van der Waals surface area contributed by atoms with Gasteiger partial charge in [0.2, 0.25) is 0 Å². The second kappa shape index (κ2) is 7.35. The van der Waals surface area contributed by atoms with Crippen molar-refractivity contribution in [1.82, 2.24) is 15.3 Å². The van der Waals surface area contributed by atoms with Crippen molar-refractivity contribution >= 4 is 5.82 Å². The average Bonchev–Trinajstić information content (AvgIpc) is 3.36. The zero-order chi connectivity index (χ0) is 15.4. The molecule has 0 saturated heterocycles. The summed E-state index contributed by atoms with van der Waals surface area (Å²) in [5.74, 6) is 2.42. The van der Waals surface area contributed by atoms with Crippen molar-refractivity contribution < 1.29 is 9.84 Å². The fourth-order valence-electron chi connectivity index (χ4n) is 2.76. The molecule has 3 rings (SSSR count). The van der Waals surface area contributed by atoms with E-state index < -0.39 is 6.10 Å². The molecule has 1 unspecified atom stereocenters. The van der Waals surface area contributed by atoms with Gasteiger partial charge in [0.15, 0.2) is 0 Å². The van der Waals surface area contributed by atoms with E-state index in [0.717, 1.165) is 37.6 Å². The molecule has 3 N–H and O–H groups in total. The van der Waals surface area contributed by atoms with Gasteiger partial charge in [-0.2, -0.15) is 0 Å². The minimum atomic E-state index is -0.515. The summed E-state index contributed by atoms with van der Waals surface area (Å²) in [6.45, 7) is 5.29. The summed E-state index contributed by atoms with van der Waals surface area (Å²) < 4.78 is 5.26. The molecule has 1 atom stereocenters. The maximum atomic E-state index is 9.95. The fourth-order valence-corrected chi connectivity index (χ4v) is 2.76. The number of hydrogen-bond donors (Lipinski definition) is 3. The lowest BCUT2D eigenvalue weighted by atomic mass is 10.1. The zero-order valence-electron chi connectivity index (χ0n) is 13.3. The van der Waals surface area contributed by atoms with Gasteiger partial charge in [0.05, 0.1) is 18.4 Å². The lowest BCUT2D eigenvalue weighted by Crippen LogP contribution is -2.26. The van der Waals surface area contributed by atoms with E-state index in [4.69, 9.17) is 14.7 Å². The topological polar surface area (TPSA) is 79.3 Å². The van der Waals surface area contributed by atoms with Gasteiger partial charge in [-0.1, -0.05) is 0 Å². The Morgan fingerprint density at radius 1 is 1.32 bits per heavy atom. The summed E-state index contributed by atoms with van der Waals surface area (Å²) in [6.07, 6.45) is 3.77. The second-order valence-electron chi connectivity index (χ2n) is 6.07. The van der Waals surface area contributed by atoms with Gasteiger partial charge >= 0.3 is 0 Å². The monoisotopic (exact) mass is 306 g/mol. The Labute approximate surface area is 131 Å². The third-order valence-corrected chi connectivity index (χ3v) is 4.16. The van der Waals surface area contributed by atoms with Gasteiger partial charge in [-0.25, -0.2) is 9.97 Å². The minimum absolute atomic E-state index is 0.355. The number of aliphatic hydroxyl groups excluding tert-OH is 1. The predicted molar refractivity (Wildman–Crippen MR) is 85.3 cm³/mol. The molecular weight excluding hydrogens is 280 g/mol. The minimum Gasteiger partial charge on any atom is -0.389 e. The lowest BCUT2D eigenvalue weighted by Gasteiger charge is -2.17. The standard InChI is InChI=1S/C16H26N4O2/c1-2-22-10-12(21)9-18-16-13-5-7-17-8-6-14(13)19-15(20-16)11-3-4-11/h11-12,17,21H,2-10H2,1H3,(H,18,19,20). The van der Waals surface area contributed by atoms with Crippen LogP contribution in [0.1, 0.15) is 42.8 Å². The highest BCUT2D eigenvalue weighted by Gasteiger charge is 2.29. The van der Waals surface area contributed by atoms with Gasteiger partial charge in [-0.3, -0.25) is 0 Å². The molecule has 122 valence electrons. The SMILES string of the molecule is CCOCC(O)CNc1nc(C2CC2)nc2c1CCNCC2. The second-order valence-corrected chi connectivity index (χ2v) is 6.07. The van der Waals surface area contributed by atoms with Crippen LogP contribution in [-0.2, 0) is 17.6 Å². The van der Waals surface area contributed by atoms with E-state index in [9.17, 15) is 5.11 Å². The smallest absolute Gasteiger partial charge is 0.134 e. The Balaban J connectivity index is 1.74. The Bertz CT molecular complexity index is 505. The fraction of sp³-hybridized carbons (Fsp3) is 0.750. The summed E-state index contributed by atoms with van der Waals surface area (Å²) in [5, 5.41) is 16.7. The molecule has 1 aromatic heterocycles. The normalized spacial score (nSPS) is 19.4. The first-order valence-electron chi connectivity index (χ1n) is 8.38. The molecule has 22 heavy (non-hydrogen) atoms. The maximum absolute atomic E-state index is 9.95. The van der Waals surface area contributed by atoms with Gasteiger partial charge in [0.1, 0.15) is 11.6 Å². The van der Waals surface area contributed by atoms with Crippen LogP contribution in [0.2, 0.25) is 0 Å². The number of nitrogens with one attached hydrogen (secondary N) is 2. The first kappa shape index (κ1) is 15.6. The van der Waals surface area contributed by atoms with Crippen LogP contribution < -0.4 is 10.6 Å². The molecule has 1 aromatic rings. The van der Waals surface area contributed by atoms with Gasteiger partial charge < -0.3 is 20.5 Å². The lowest BCUT2D eigenvalue weighted by molar-refractivity contribution is 0.0495. The molecule has 6 nitrogen and oxygen atoms in total. The molecule has 6 heteroatoms. The summed E-state index contributed by atoms with van der Waals surface area (Å²) in [6, 6.07) is 0. The number of nitrogens with zero attached hydrogens (tertiary/aromatic N) is 2. The predicted octanol–water partition coefficient (Wildman–Crippen LogP) is 0.851. The van der Waals surface area contributed by atoms with E-state index in [1.807, 2.05) is 6.92 Å². The van der Waals surface area contributed by atoms with Crippen molar-refractivity contribution in [2.24, 2.45) is 0 Å². The maximum Gasteiger partial charge on any atom is 0.134 e. The third kappa shape index (κ3) is 3.94. The van der Waals surface area contributed by atoms with Gasteiger partial charge in [0.25, 0.3) is 0 Å². The van der Waals surface area contributed by atoms with Crippen molar-refractivity contribution in [2.75, 3.05) is 38.2 Å². The number of hydrogen-bond acceptors (Lipinski definition) is 6. The first-order chi connectivity index (χ1) is 10.8.